The van der Waals surface area contributed by atoms with Gasteiger partial charge in [0.1, 0.15) is 0 Å². The Bertz CT molecular complexity index is 624. The number of carbonyl (C=O) groups excluding carboxylic acids is 2. The molecule has 0 radical (unpaired) electrons. The van der Waals surface area contributed by atoms with E-state index in [1.54, 1.807) is 13.0 Å². The second-order valence-electron chi connectivity index (χ2n) is 6.12. The predicted octanol–water partition coefficient (Wildman–Crippen LogP) is 4.76. The van der Waals surface area contributed by atoms with Gasteiger partial charge in [0.25, 0.3) is 0 Å². The molecule has 4 nitrogen and oxygen atoms in total. The largest absolute Gasteiger partial charge is 0.463 e. The van der Waals surface area contributed by atoms with Crippen molar-refractivity contribution in [2.75, 3.05) is 6.61 Å². The van der Waals surface area contributed by atoms with Crippen LogP contribution in [0.1, 0.15) is 50.2 Å². The van der Waals surface area contributed by atoms with Crippen molar-refractivity contribution in [2.45, 2.75) is 58.0 Å². The number of esters is 2. The third kappa shape index (κ3) is 4.51. The number of ether oxygens (including phenoxy) is 2. The molecule has 1 aromatic carbocycles. The molecule has 0 saturated heterocycles. The van der Waals surface area contributed by atoms with Crippen LogP contribution in [-0.4, -0.2) is 24.1 Å². The van der Waals surface area contributed by atoms with E-state index in [9.17, 15) is 9.59 Å². The molecule has 0 atom stereocenters. The Kier molecular flexibility index (Phi) is 6.70. The third-order valence-electron chi connectivity index (χ3n) is 4.33. The molecule has 1 fully saturated rings. The molecule has 2 rings (SSSR count). The first-order valence-electron chi connectivity index (χ1n) is 8.21. The molecule has 0 heterocycles. The van der Waals surface area contributed by atoms with Crippen LogP contribution in [0, 0.1) is 6.92 Å². The first-order valence-corrected chi connectivity index (χ1v) is 9.38. The molecule has 1 aliphatic carbocycles. The molecule has 132 valence electrons. The summed E-state index contributed by atoms with van der Waals surface area (Å²) in [5.41, 5.74) is 0.610. The molecule has 0 amide bonds. The van der Waals surface area contributed by atoms with Crippen LogP contribution in [0.5, 0.6) is 0 Å². The van der Waals surface area contributed by atoms with Gasteiger partial charge in [-0.15, -0.1) is 0 Å². The number of carbonyl (C=O) groups is 2. The number of aryl methyl sites for hydroxylation is 1. The summed E-state index contributed by atoms with van der Waals surface area (Å²) < 4.78 is 11.6. The Morgan fingerprint density at radius 1 is 1.25 bits per heavy atom. The molecule has 1 aliphatic rings. The van der Waals surface area contributed by atoms with E-state index in [0.29, 0.717) is 17.9 Å². The van der Waals surface area contributed by atoms with Gasteiger partial charge in [-0.25, -0.2) is 4.79 Å². The van der Waals surface area contributed by atoms with Crippen LogP contribution in [0.2, 0.25) is 5.02 Å². The average molecular weight is 418 g/mol. The van der Waals surface area contributed by atoms with Crippen LogP contribution in [0.4, 0.5) is 0 Å². The van der Waals surface area contributed by atoms with E-state index < -0.39 is 17.5 Å². The highest BCUT2D eigenvalue weighted by Crippen LogP contribution is 2.34. The maximum absolute atomic E-state index is 12.5. The van der Waals surface area contributed by atoms with Gasteiger partial charge in [-0.05, 0) is 78.7 Å². The van der Waals surface area contributed by atoms with E-state index >= 15 is 0 Å². The van der Waals surface area contributed by atoms with Gasteiger partial charge < -0.3 is 9.47 Å². The van der Waals surface area contributed by atoms with Gasteiger partial charge in [0.15, 0.2) is 0 Å². The number of benzene rings is 1. The van der Waals surface area contributed by atoms with Crippen molar-refractivity contribution in [1.82, 2.24) is 0 Å². The molecule has 0 aromatic heterocycles. The highest BCUT2D eigenvalue weighted by atomic mass is 79.9. The zero-order valence-corrected chi connectivity index (χ0v) is 16.3. The fraction of sp³-hybridized carbons (Fsp3) is 0.556. The number of hydrogen-bond donors (Lipinski definition) is 0. The Hall–Kier alpha value is -1.07. The smallest absolute Gasteiger partial charge is 0.350 e. The van der Waals surface area contributed by atoms with Crippen LogP contribution in [0.15, 0.2) is 16.6 Å². The molecule has 1 aromatic rings. The summed E-state index contributed by atoms with van der Waals surface area (Å²) in [6, 6.07) is 3.62. The number of rotatable bonds is 5. The minimum absolute atomic E-state index is 0.0833. The highest BCUT2D eigenvalue weighted by molar-refractivity contribution is 9.10. The van der Waals surface area contributed by atoms with Crippen molar-refractivity contribution in [1.29, 1.82) is 0 Å². The zero-order chi connectivity index (χ0) is 17.7. The Labute approximate surface area is 156 Å². The first-order chi connectivity index (χ1) is 11.4. The molecule has 0 bridgehead atoms. The lowest BCUT2D eigenvalue weighted by Crippen LogP contribution is -2.46. The molecule has 0 aliphatic heterocycles. The van der Waals surface area contributed by atoms with E-state index in [-0.39, 0.29) is 13.0 Å². The summed E-state index contributed by atoms with van der Waals surface area (Å²) in [5, 5.41) is 0.543. The standard InChI is InChI=1S/C18H22BrClO4/c1-3-23-17(22)18(7-5-4-6-8-18)24-16(21)11-13-10-15(20)14(19)9-12(13)2/h9-10H,3-8,11H2,1-2H3. The van der Waals surface area contributed by atoms with Crippen LogP contribution in [0.3, 0.4) is 0 Å². The van der Waals surface area contributed by atoms with Gasteiger partial charge in [0, 0.05) is 4.47 Å². The van der Waals surface area contributed by atoms with Crippen molar-refractivity contribution in [3.05, 3.63) is 32.8 Å². The fourth-order valence-electron chi connectivity index (χ4n) is 3.02. The first kappa shape index (κ1) is 19.3. The molecule has 6 heteroatoms. The molecular formula is C18H22BrClO4. The molecule has 0 N–H and O–H groups in total. The van der Waals surface area contributed by atoms with Crippen molar-refractivity contribution in [3.63, 3.8) is 0 Å². The van der Waals surface area contributed by atoms with E-state index in [4.69, 9.17) is 21.1 Å². The average Bonchev–Trinajstić information content (AvgIpc) is 2.53. The minimum atomic E-state index is -1.13. The lowest BCUT2D eigenvalue weighted by Gasteiger charge is -2.34. The van der Waals surface area contributed by atoms with Crippen molar-refractivity contribution in [3.8, 4) is 0 Å². The van der Waals surface area contributed by atoms with Crippen LogP contribution < -0.4 is 0 Å². The van der Waals surface area contributed by atoms with Gasteiger partial charge in [-0.3, -0.25) is 4.79 Å². The zero-order valence-electron chi connectivity index (χ0n) is 14.0. The number of hydrogen-bond acceptors (Lipinski definition) is 4. The van der Waals surface area contributed by atoms with E-state index in [1.807, 2.05) is 13.0 Å². The summed E-state index contributed by atoms with van der Waals surface area (Å²) >= 11 is 9.47. The Morgan fingerprint density at radius 2 is 1.92 bits per heavy atom. The second kappa shape index (κ2) is 8.34. The van der Waals surface area contributed by atoms with E-state index in [1.165, 1.54) is 0 Å². The Balaban J connectivity index is 2.13. The van der Waals surface area contributed by atoms with E-state index in [2.05, 4.69) is 15.9 Å². The van der Waals surface area contributed by atoms with Crippen LogP contribution >= 0.6 is 27.5 Å². The SMILES string of the molecule is CCOC(=O)C1(OC(=O)Cc2cc(Cl)c(Br)cc2C)CCCCC1. The quantitative estimate of drug-likeness (QED) is 0.648. The summed E-state index contributed by atoms with van der Waals surface area (Å²) in [5.74, 6) is -0.852. The summed E-state index contributed by atoms with van der Waals surface area (Å²) in [6.07, 6.45) is 3.89. The van der Waals surface area contributed by atoms with Crippen LogP contribution in [-0.2, 0) is 25.5 Å². The Morgan fingerprint density at radius 3 is 2.54 bits per heavy atom. The maximum atomic E-state index is 12.5. The van der Waals surface area contributed by atoms with Gasteiger partial charge in [0.2, 0.25) is 5.60 Å². The van der Waals surface area contributed by atoms with Gasteiger partial charge in [-0.2, -0.15) is 0 Å². The van der Waals surface area contributed by atoms with Crippen molar-refractivity contribution >= 4 is 39.5 Å². The predicted molar refractivity (Wildman–Crippen MR) is 96.1 cm³/mol. The topological polar surface area (TPSA) is 52.6 Å². The lowest BCUT2D eigenvalue weighted by atomic mass is 9.84. The summed E-state index contributed by atoms with van der Waals surface area (Å²) in [7, 11) is 0. The molecule has 24 heavy (non-hydrogen) atoms. The number of halogens is 2. The monoisotopic (exact) mass is 416 g/mol. The minimum Gasteiger partial charge on any atom is -0.463 e. The third-order valence-corrected chi connectivity index (χ3v) is 5.53. The normalized spacial score (nSPS) is 16.5. The second-order valence-corrected chi connectivity index (χ2v) is 7.38. The lowest BCUT2D eigenvalue weighted by molar-refractivity contribution is -0.186. The van der Waals surface area contributed by atoms with Crippen molar-refractivity contribution < 1.29 is 19.1 Å². The molecule has 0 unspecified atom stereocenters. The van der Waals surface area contributed by atoms with Crippen LogP contribution in [0.25, 0.3) is 0 Å². The summed E-state index contributed by atoms with van der Waals surface area (Å²) in [6.45, 7) is 3.94. The fourth-order valence-corrected chi connectivity index (χ4v) is 3.66. The molecule has 0 spiro atoms. The van der Waals surface area contributed by atoms with E-state index in [0.717, 1.165) is 34.9 Å². The summed E-state index contributed by atoms with van der Waals surface area (Å²) in [4.78, 5) is 24.8. The van der Waals surface area contributed by atoms with Gasteiger partial charge >= 0.3 is 11.9 Å². The maximum Gasteiger partial charge on any atom is 0.350 e. The van der Waals surface area contributed by atoms with Gasteiger partial charge in [-0.1, -0.05) is 18.0 Å². The highest BCUT2D eigenvalue weighted by Gasteiger charge is 2.44. The van der Waals surface area contributed by atoms with Crippen molar-refractivity contribution in [2.24, 2.45) is 0 Å². The molecule has 1 saturated carbocycles. The van der Waals surface area contributed by atoms with Gasteiger partial charge in [0.05, 0.1) is 18.1 Å². The molecular weight excluding hydrogens is 396 g/mol.